The van der Waals surface area contributed by atoms with Crippen molar-refractivity contribution in [2.24, 2.45) is 5.10 Å². The van der Waals surface area contributed by atoms with Crippen LogP contribution in [0.2, 0.25) is 0 Å². The first kappa shape index (κ1) is 14.2. The molecule has 108 valence electrons. The van der Waals surface area contributed by atoms with Crippen LogP contribution >= 0.6 is 11.3 Å². The molecule has 0 fully saturated rings. The average Bonchev–Trinajstić information content (AvgIpc) is 3.11. The minimum Gasteiger partial charge on any atom is -0.266 e. The van der Waals surface area contributed by atoms with E-state index in [0.29, 0.717) is 10.6 Å². The van der Waals surface area contributed by atoms with Crippen LogP contribution in [-0.4, -0.2) is 16.6 Å². The Morgan fingerprint density at radius 2 is 1.82 bits per heavy atom. The number of hydrazone groups is 1. The highest BCUT2D eigenvalue weighted by atomic mass is 32.1. The van der Waals surface area contributed by atoms with Gasteiger partial charge in [0.15, 0.2) is 0 Å². The lowest BCUT2D eigenvalue weighted by atomic mass is 10.0. The van der Waals surface area contributed by atoms with Crippen LogP contribution < -0.4 is 5.43 Å². The Morgan fingerprint density at radius 1 is 1.00 bits per heavy atom. The van der Waals surface area contributed by atoms with Crippen molar-refractivity contribution < 1.29 is 4.79 Å². The van der Waals surface area contributed by atoms with Gasteiger partial charge in [0, 0.05) is 23.5 Å². The van der Waals surface area contributed by atoms with Crippen LogP contribution in [0.25, 0.3) is 0 Å². The standard InChI is InChI=1S/C17H13N3OS/c21-17(15-9-5-11-22-15)20-19-16(13-6-2-1-3-7-13)14-8-4-10-18-12-14/h1-12H,(H,20,21)/b19-16+. The number of hydrogen-bond acceptors (Lipinski definition) is 4. The maximum Gasteiger partial charge on any atom is 0.281 e. The highest BCUT2D eigenvalue weighted by Gasteiger charge is 2.09. The van der Waals surface area contributed by atoms with E-state index in [1.807, 2.05) is 53.9 Å². The molecule has 0 unspecified atom stereocenters. The van der Waals surface area contributed by atoms with Gasteiger partial charge in [0.1, 0.15) is 0 Å². The van der Waals surface area contributed by atoms with Gasteiger partial charge in [-0.2, -0.15) is 5.10 Å². The lowest BCUT2D eigenvalue weighted by Crippen LogP contribution is -2.19. The molecule has 0 radical (unpaired) electrons. The number of hydrogen-bond donors (Lipinski definition) is 1. The van der Waals surface area contributed by atoms with Crippen LogP contribution in [-0.2, 0) is 0 Å². The molecule has 0 atom stereocenters. The SMILES string of the molecule is O=C(N/N=C(\c1ccccc1)c1cccnc1)c1cccs1. The highest BCUT2D eigenvalue weighted by molar-refractivity contribution is 7.12. The van der Waals surface area contributed by atoms with E-state index in [1.165, 1.54) is 11.3 Å². The van der Waals surface area contributed by atoms with E-state index in [9.17, 15) is 4.79 Å². The van der Waals surface area contributed by atoms with Gasteiger partial charge in [0.25, 0.3) is 5.91 Å². The maximum atomic E-state index is 12.0. The summed E-state index contributed by atoms with van der Waals surface area (Å²) in [5.74, 6) is -0.215. The van der Waals surface area contributed by atoms with E-state index in [1.54, 1.807) is 18.5 Å². The van der Waals surface area contributed by atoms with Crippen LogP contribution in [0.3, 0.4) is 0 Å². The first-order valence-electron chi connectivity index (χ1n) is 6.72. The topological polar surface area (TPSA) is 54.4 Å². The van der Waals surface area contributed by atoms with E-state index in [2.05, 4.69) is 15.5 Å². The Balaban J connectivity index is 1.92. The number of nitrogens with zero attached hydrogens (tertiary/aromatic N) is 2. The van der Waals surface area contributed by atoms with E-state index in [-0.39, 0.29) is 5.91 Å². The molecule has 2 heterocycles. The van der Waals surface area contributed by atoms with Gasteiger partial charge < -0.3 is 0 Å². The van der Waals surface area contributed by atoms with Gasteiger partial charge in [-0.1, -0.05) is 36.4 Å². The lowest BCUT2D eigenvalue weighted by Gasteiger charge is -2.07. The molecule has 3 rings (SSSR count). The van der Waals surface area contributed by atoms with Gasteiger partial charge >= 0.3 is 0 Å². The second-order valence-electron chi connectivity index (χ2n) is 4.49. The average molecular weight is 307 g/mol. The van der Waals surface area contributed by atoms with Crippen LogP contribution in [0, 0.1) is 0 Å². The van der Waals surface area contributed by atoms with Crippen molar-refractivity contribution in [2.75, 3.05) is 0 Å². The van der Waals surface area contributed by atoms with Crippen LogP contribution in [0.5, 0.6) is 0 Å². The first-order chi connectivity index (χ1) is 10.8. The Bertz CT molecular complexity index is 727. The number of carbonyl (C=O) groups is 1. The quantitative estimate of drug-likeness (QED) is 0.594. The summed E-state index contributed by atoms with van der Waals surface area (Å²) < 4.78 is 0. The van der Waals surface area contributed by atoms with Crippen molar-refractivity contribution in [1.29, 1.82) is 0 Å². The second-order valence-corrected chi connectivity index (χ2v) is 5.43. The molecular weight excluding hydrogens is 294 g/mol. The molecule has 22 heavy (non-hydrogen) atoms. The minimum atomic E-state index is -0.215. The number of pyridine rings is 1. The molecule has 2 aromatic heterocycles. The molecule has 0 spiro atoms. The number of nitrogens with one attached hydrogen (secondary N) is 1. The lowest BCUT2D eigenvalue weighted by molar-refractivity contribution is 0.0959. The van der Waals surface area contributed by atoms with Crippen LogP contribution in [0.1, 0.15) is 20.8 Å². The summed E-state index contributed by atoms with van der Waals surface area (Å²) in [5.41, 5.74) is 5.06. The smallest absolute Gasteiger partial charge is 0.266 e. The summed E-state index contributed by atoms with van der Waals surface area (Å²) in [6.45, 7) is 0. The molecule has 3 aromatic rings. The molecule has 4 nitrogen and oxygen atoms in total. The van der Waals surface area contributed by atoms with Gasteiger partial charge in [-0.25, -0.2) is 5.43 Å². The number of carbonyl (C=O) groups excluding carboxylic acids is 1. The third kappa shape index (κ3) is 3.27. The molecule has 0 aliphatic rings. The summed E-state index contributed by atoms with van der Waals surface area (Å²) in [5, 5.41) is 6.16. The zero-order chi connectivity index (χ0) is 15.2. The number of rotatable bonds is 4. The van der Waals surface area contributed by atoms with E-state index in [0.717, 1.165) is 11.1 Å². The van der Waals surface area contributed by atoms with Crippen molar-refractivity contribution in [3.8, 4) is 0 Å². The van der Waals surface area contributed by atoms with Gasteiger partial charge in [-0.15, -0.1) is 11.3 Å². The largest absolute Gasteiger partial charge is 0.281 e. The Hall–Kier alpha value is -2.79. The van der Waals surface area contributed by atoms with Gasteiger partial charge in [0.05, 0.1) is 10.6 Å². The zero-order valence-electron chi connectivity index (χ0n) is 11.6. The van der Waals surface area contributed by atoms with Crippen molar-refractivity contribution in [1.82, 2.24) is 10.4 Å². The monoisotopic (exact) mass is 307 g/mol. The van der Waals surface area contributed by atoms with E-state index < -0.39 is 0 Å². The molecule has 1 amide bonds. The minimum absolute atomic E-state index is 0.215. The van der Waals surface area contributed by atoms with Gasteiger partial charge in [-0.3, -0.25) is 9.78 Å². The van der Waals surface area contributed by atoms with E-state index in [4.69, 9.17) is 0 Å². The first-order valence-corrected chi connectivity index (χ1v) is 7.60. The maximum absolute atomic E-state index is 12.0. The fourth-order valence-electron chi connectivity index (χ4n) is 1.96. The fraction of sp³-hybridized carbons (Fsp3) is 0. The summed E-state index contributed by atoms with van der Waals surface area (Å²) in [6.07, 6.45) is 3.43. The highest BCUT2D eigenvalue weighted by Crippen LogP contribution is 2.11. The predicted molar refractivity (Wildman–Crippen MR) is 88.1 cm³/mol. The Kier molecular flexibility index (Phi) is 4.36. The summed E-state index contributed by atoms with van der Waals surface area (Å²) >= 11 is 1.38. The molecule has 0 bridgehead atoms. The van der Waals surface area contributed by atoms with Crippen LogP contribution in [0.4, 0.5) is 0 Å². The number of thiophene rings is 1. The molecule has 0 saturated heterocycles. The van der Waals surface area contributed by atoms with Crippen molar-refractivity contribution in [2.45, 2.75) is 0 Å². The third-order valence-corrected chi connectivity index (χ3v) is 3.87. The molecule has 0 aliphatic heterocycles. The van der Waals surface area contributed by atoms with Crippen molar-refractivity contribution in [3.63, 3.8) is 0 Å². The summed E-state index contributed by atoms with van der Waals surface area (Å²) in [6, 6.07) is 17.1. The molecule has 1 N–H and O–H groups in total. The zero-order valence-corrected chi connectivity index (χ0v) is 12.5. The molecule has 0 aliphatic carbocycles. The second kappa shape index (κ2) is 6.78. The van der Waals surface area contributed by atoms with Crippen LogP contribution in [0.15, 0.2) is 77.5 Å². The third-order valence-electron chi connectivity index (χ3n) is 3.00. The predicted octanol–water partition coefficient (Wildman–Crippen LogP) is 3.33. The number of amides is 1. The molecule has 0 saturated carbocycles. The fourth-order valence-corrected chi connectivity index (χ4v) is 2.58. The normalized spacial score (nSPS) is 11.2. The molecule has 5 heteroatoms. The summed E-state index contributed by atoms with van der Waals surface area (Å²) in [7, 11) is 0. The summed E-state index contributed by atoms with van der Waals surface area (Å²) in [4.78, 5) is 16.8. The Morgan fingerprint density at radius 3 is 2.50 bits per heavy atom. The van der Waals surface area contributed by atoms with Gasteiger partial charge in [-0.05, 0) is 23.6 Å². The number of aromatic nitrogens is 1. The number of benzene rings is 1. The van der Waals surface area contributed by atoms with Gasteiger partial charge in [0.2, 0.25) is 0 Å². The Labute approximate surface area is 132 Å². The van der Waals surface area contributed by atoms with Crippen molar-refractivity contribution in [3.05, 3.63) is 88.4 Å². The molecule has 1 aromatic carbocycles. The molecular formula is C17H13N3OS. The van der Waals surface area contributed by atoms with Crippen molar-refractivity contribution >= 4 is 23.0 Å². The van der Waals surface area contributed by atoms with E-state index >= 15 is 0 Å².